The van der Waals surface area contributed by atoms with Crippen LogP contribution in [0, 0.1) is 10.1 Å². The molecule has 144 valence electrons. The molecule has 0 atom stereocenters. The summed E-state index contributed by atoms with van der Waals surface area (Å²) >= 11 is 5.90. The molecule has 1 amide bonds. The average molecular weight is 410 g/mol. The number of nitrogens with zero attached hydrogens (tertiary/aromatic N) is 4. The number of nitro groups is 1. The SMILES string of the molecule is O=C(Nc1cc([N+](=O)[O-])ccc1O)c1cnc2cc(-c3ccc(Cl)cc3)nn2c1. The summed E-state index contributed by atoms with van der Waals surface area (Å²) < 4.78 is 1.45. The van der Waals surface area contributed by atoms with Crippen LogP contribution in [0.3, 0.4) is 0 Å². The minimum absolute atomic E-state index is 0.0772. The number of aromatic hydroxyl groups is 1. The Morgan fingerprint density at radius 3 is 2.66 bits per heavy atom. The molecule has 4 aromatic rings. The number of rotatable bonds is 4. The van der Waals surface area contributed by atoms with E-state index in [0.29, 0.717) is 16.4 Å². The van der Waals surface area contributed by atoms with Crippen LogP contribution in [-0.2, 0) is 0 Å². The van der Waals surface area contributed by atoms with E-state index >= 15 is 0 Å². The van der Waals surface area contributed by atoms with Gasteiger partial charge in [0.15, 0.2) is 5.65 Å². The van der Waals surface area contributed by atoms with Crippen LogP contribution < -0.4 is 5.32 Å². The number of benzene rings is 2. The second-order valence-corrected chi connectivity index (χ2v) is 6.53. The van der Waals surface area contributed by atoms with Gasteiger partial charge in [0.2, 0.25) is 0 Å². The lowest BCUT2D eigenvalue weighted by molar-refractivity contribution is -0.384. The number of carbonyl (C=O) groups excluding carboxylic acids is 1. The van der Waals surface area contributed by atoms with E-state index < -0.39 is 10.8 Å². The minimum Gasteiger partial charge on any atom is -0.506 e. The van der Waals surface area contributed by atoms with Crippen LogP contribution in [0.1, 0.15) is 10.4 Å². The molecule has 29 heavy (non-hydrogen) atoms. The van der Waals surface area contributed by atoms with Crippen molar-refractivity contribution in [2.75, 3.05) is 5.32 Å². The number of hydrogen-bond donors (Lipinski definition) is 2. The first kappa shape index (κ1) is 18.4. The predicted octanol–water partition coefficient (Wildman–Crippen LogP) is 3.92. The van der Waals surface area contributed by atoms with Crippen molar-refractivity contribution in [1.29, 1.82) is 0 Å². The van der Waals surface area contributed by atoms with Crippen LogP contribution in [0.15, 0.2) is 60.9 Å². The fraction of sp³-hybridized carbons (Fsp3) is 0. The molecule has 0 fully saturated rings. The lowest BCUT2D eigenvalue weighted by Gasteiger charge is -2.07. The highest BCUT2D eigenvalue weighted by Crippen LogP contribution is 2.28. The zero-order valence-corrected chi connectivity index (χ0v) is 15.4. The number of nitro benzene ring substituents is 1. The molecule has 2 aromatic heterocycles. The van der Waals surface area contributed by atoms with Crippen molar-refractivity contribution in [2.24, 2.45) is 0 Å². The van der Waals surface area contributed by atoms with Crippen LogP contribution in [0.4, 0.5) is 11.4 Å². The Balaban J connectivity index is 1.62. The molecule has 0 aliphatic carbocycles. The highest BCUT2D eigenvalue weighted by molar-refractivity contribution is 6.30. The maximum atomic E-state index is 12.5. The number of halogens is 1. The highest BCUT2D eigenvalue weighted by Gasteiger charge is 2.15. The van der Waals surface area contributed by atoms with Gasteiger partial charge in [-0.05, 0) is 18.2 Å². The molecule has 0 saturated heterocycles. The molecule has 0 radical (unpaired) electrons. The molecule has 2 N–H and O–H groups in total. The smallest absolute Gasteiger partial charge is 0.271 e. The third-order valence-corrected chi connectivity index (χ3v) is 4.41. The topological polar surface area (TPSA) is 123 Å². The van der Waals surface area contributed by atoms with E-state index in [1.807, 2.05) is 12.1 Å². The molecule has 10 heteroatoms. The molecule has 0 unspecified atom stereocenters. The van der Waals surface area contributed by atoms with E-state index in [2.05, 4.69) is 15.4 Å². The minimum atomic E-state index is -0.620. The number of fused-ring (bicyclic) bond motifs is 1. The van der Waals surface area contributed by atoms with Gasteiger partial charge in [-0.25, -0.2) is 9.50 Å². The summed E-state index contributed by atoms with van der Waals surface area (Å²) in [6, 6.07) is 12.3. The van der Waals surface area contributed by atoms with Crippen LogP contribution in [-0.4, -0.2) is 30.5 Å². The number of non-ortho nitro benzene ring substituents is 1. The van der Waals surface area contributed by atoms with Crippen molar-refractivity contribution in [2.45, 2.75) is 0 Å². The predicted molar refractivity (Wildman–Crippen MR) is 106 cm³/mol. The molecule has 4 rings (SSSR count). The fourth-order valence-electron chi connectivity index (χ4n) is 2.69. The maximum absolute atomic E-state index is 12.5. The number of amides is 1. The first-order valence-corrected chi connectivity index (χ1v) is 8.68. The van der Waals surface area contributed by atoms with Crippen LogP contribution in [0.5, 0.6) is 5.75 Å². The lowest BCUT2D eigenvalue weighted by atomic mass is 10.2. The first-order chi connectivity index (χ1) is 13.9. The zero-order chi connectivity index (χ0) is 20.5. The Labute approximate surface area is 168 Å². The van der Waals surface area contributed by atoms with E-state index in [4.69, 9.17) is 11.6 Å². The summed E-state index contributed by atoms with van der Waals surface area (Å²) in [5.41, 5.74) is 1.85. The Morgan fingerprint density at radius 1 is 1.17 bits per heavy atom. The number of phenols is 1. The van der Waals surface area contributed by atoms with Gasteiger partial charge in [0.05, 0.1) is 21.9 Å². The molecule has 2 aromatic carbocycles. The van der Waals surface area contributed by atoms with Crippen LogP contribution in [0.25, 0.3) is 16.9 Å². The van der Waals surface area contributed by atoms with Crippen LogP contribution >= 0.6 is 11.6 Å². The van der Waals surface area contributed by atoms with Gasteiger partial charge in [-0.15, -0.1) is 0 Å². The van der Waals surface area contributed by atoms with Gasteiger partial charge in [0.25, 0.3) is 11.6 Å². The van der Waals surface area contributed by atoms with Crippen molar-refractivity contribution in [1.82, 2.24) is 14.6 Å². The van der Waals surface area contributed by atoms with Crippen molar-refractivity contribution in [3.63, 3.8) is 0 Å². The number of aromatic nitrogens is 3. The summed E-state index contributed by atoms with van der Waals surface area (Å²) in [6.45, 7) is 0. The lowest BCUT2D eigenvalue weighted by Crippen LogP contribution is -2.13. The Bertz CT molecular complexity index is 1250. The summed E-state index contributed by atoms with van der Waals surface area (Å²) in [4.78, 5) is 27.0. The fourth-order valence-corrected chi connectivity index (χ4v) is 2.81. The number of carbonyl (C=O) groups is 1. The summed E-state index contributed by atoms with van der Waals surface area (Å²) in [5, 5.41) is 28.2. The van der Waals surface area contributed by atoms with Gasteiger partial charge in [-0.2, -0.15) is 5.10 Å². The number of phenolic OH excluding ortho intramolecular Hbond substituents is 1. The molecular weight excluding hydrogens is 398 g/mol. The summed E-state index contributed by atoms with van der Waals surface area (Å²) in [5.74, 6) is -0.888. The monoisotopic (exact) mass is 409 g/mol. The number of nitrogens with one attached hydrogen (secondary N) is 1. The van der Waals surface area contributed by atoms with Gasteiger partial charge in [-0.3, -0.25) is 14.9 Å². The summed E-state index contributed by atoms with van der Waals surface area (Å²) in [6.07, 6.45) is 2.83. The molecule has 2 heterocycles. The van der Waals surface area contributed by atoms with Gasteiger partial charge in [0.1, 0.15) is 5.75 Å². The highest BCUT2D eigenvalue weighted by atomic mass is 35.5. The first-order valence-electron chi connectivity index (χ1n) is 8.31. The van der Waals surface area contributed by atoms with E-state index in [1.54, 1.807) is 18.2 Å². The van der Waals surface area contributed by atoms with E-state index in [9.17, 15) is 20.0 Å². The largest absolute Gasteiger partial charge is 0.506 e. The molecule has 0 spiro atoms. The quantitative estimate of drug-likeness (QED) is 0.299. The molecule has 0 aliphatic heterocycles. The zero-order valence-electron chi connectivity index (χ0n) is 14.6. The van der Waals surface area contributed by atoms with Gasteiger partial charge < -0.3 is 10.4 Å². The Hall–Kier alpha value is -3.98. The number of anilines is 1. The molecular formula is C19H12ClN5O4. The van der Waals surface area contributed by atoms with Gasteiger partial charge in [-0.1, -0.05) is 23.7 Å². The standard InChI is InChI=1S/C19H12ClN5O4/c20-13-3-1-11(2-4-13)15-8-18-21-9-12(10-24(18)23-15)19(27)22-16-7-14(25(28)29)5-6-17(16)26/h1-10,26H,(H,22,27). The third kappa shape index (κ3) is 3.71. The van der Waals surface area contributed by atoms with E-state index in [0.717, 1.165) is 23.8 Å². The molecule has 9 nitrogen and oxygen atoms in total. The molecule has 0 bridgehead atoms. The second-order valence-electron chi connectivity index (χ2n) is 6.09. The summed E-state index contributed by atoms with van der Waals surface area (Å²) in [7, 11) is 0. The Kier molecular flexibility index (Phi) is 4.57. The third-order valence-electron chi connectivity index (χ3n) is 4.15. The molecule has 0 aliphatic rings. The molecule has 0 saturated carbocycles. The average Bonchev–Trinajstić information content (AvgIpc) is 3.13. The van der Waals surface area contributed by atoms with E-state index in [1.165, 1.54) is 16.9 Å². The van der Waals surface area contributed by atoms with Crippen molar-refractivity contribution in [3.05, 3.63) is 81.6 Å². The van der Waals surface area contributed by atoms with Gasteiger partial charge >= 0.3 is 0 Å². The maximum Gasteiger partial charge on any atom is 0.271 e. The normalized spacial score (nSPS) is 10.8. The second kappa shape index (κ2) is 7.21. The van der Waals surface area contributed by atoms with Crippen molar-refractivity contribution >= 4 is 34.5 Å². The van der Waals surface area contributed by atoms with Gasteiger partial charge in [0, 0.05) is 41.2 Å². The van der Waals surface area contributed by atoms with E-state index in [-0.39, 0.29) is 22.7 Å². The van der Waals surface area contributed by atoms with Crippen molar-refractivity contribution in [3.8, 4) is 17.0 Å². The number of hydrogen-bond acceptors (Lipinski definition) is 6. The Morgan fingerprint density at radius 2 is 1.93 bits per heavy atom. The van der Waals surface area contributed by atoms with Crippen LogP contribution in [0.2, 0.25) is 5.02 Å². The van der Waals surface area contributed by atoms with Crippen molar-refractivity contribution < 1.29 is 14.8 Å².